The van der Waals surface area contributed by atoms with Crippen LogP contribution in [0.1, 0.15) is 24.6 Å². The van der Waals surface area contributed by atoms with Crippen LogP contribution < -0.4 is 5.73 Å². The molecule has 6 heteroatoms. The van der Waals surface area contributed by atoms with Gasteiger partial charge in [-0.25, -0.2) is 4.98 Å². The molecule has 1 aromatic carbocycles. The highest BCUT2D eigenvalue weighted by Crippen LogP contribution is 2.41. The van der Waals surface area contributed by atoms with Crippen molar-refractivity contribution in [1.82, 2.24) is 9.55 Å². The summed E-state index contributed by atoms with van der Waals surface area (Å²) >= 11 is 0. The second-order valence-electron chi connectivity index (χ2n) is 4.69. The van der Waals surface area contributed by atoms with Crippen LogP contribution >= 0.6 is 0 Å². The minimum Gasteiger partial charge on any atom is -0.399 e. The highest BCUT2D eigenvalue weighted by atomic mass is 19.4. The van der Waals surface area contributed by atoms with Crippen molar-refractivity contribution in [2.75, 3.05) is 5.73 Å². The molecule has 1 aromatic heterocycles. The van der Waals surface area contributed by atoms with Crippen molar-refractivity contribution in [3.8, 4) is 0 Å². The second kappa shape index (κ2) is 3.63. The third-order valence-electron chi connectivity index (χ3n) is 3.08. The minimum absolute atomic E-state index is 0.168. The predicted molar refractivity (Wildman–Crippen MR) is 62.2 cm³/mol. The lowest BCUT2D eigenvalue weighted by molar-refractivity contribution is -0.140. The summed E-state index contributed by atoms with van der Waals surface area (Å²) in [5.74, 6) is 0.703. The molecule has 0 atom stereocenters. The van der Waals surface area contributed by atoms with Crippen LogP contribution in [0.25, 0.3) is 11.0 Å². The second-order valence-corrected chi connectivity index (χ2v) is 4.69. The van der Waals surface area contributed by atoms with Crippen LogP contribution in [0.3, 0.4) is 0 Å². The van der Waals surface area contributed by atoms with E-state index in [0.29, 0.717) is 22.5 Å². The molecular weight excluding hydrogens is 243 g/mol. The van der Waals surface area contributed by atoms with Crippen molar-refractivity contribution in [3.63, 3.8) is 0 Å². The summed E-state index contributed by atoms with van der Waals surface area (Å²) in [6.07, 6.45) is -2.41. The van der Waals surface area contributed by atoms with Gasteiger partial charge in [0, 0.05) is 11.6 Å². The maximum Gasteiger partial charge on any atom is 0.406 e. The Kier molecular flexibility index (Phi) is 2.30. The van der Waals surface area contributed by atoms with Gasteiger partial charge in [-0.3, -0.25) is 0 Å². The summed E-state index contributed by atoms with van der Waals surface area (Å²) in [4.78, 5) is 4.30. The van der Waals surface area contributed by atoms with Gasteiger partial charge in [-0.05, 0) is 31.0 Å². The van der Waals surface area contributed by atoms with E-state index in [2.05, 4.69) is 4.98 Å². The van der Waals surface area contributed by atoms with Crippen molar-refractivity contribution < 1.29 is 13.2 Å². The smallest absolute Gasteiger partial charge is 0.399 e. The van der Waals surface area contributed by atoms with Crippen LogP contribution in [0.2, 0.25) is 0 Å². The van der Waals surface area contributed by atoms with Crippen molar-refractivity contribution in [2.24, 2.45) is 0 Å². The van der Waals surface area contributed by atoms with E-state index in [0.717, 1.165) is 12.8 Å². The van der Waals surface area contributed by atoms with Crippen LogP contribution in [0, 0.1) is 0 Å². The average Bonchev–Trinajstić information content (AvgIpc) is 3.02. The Hall–Kier alpha value is -1.72. The Balaban J connectivity index is 2.15. The molecule has 1 saturated carbocycles. The third-order valence-corrected chi connectivity index (χ3v) is 3.08. The van der Waals surface area contributed by atoms with Crippen LogP contribution in [-0.2, 0) is 6.54 Å². The van der Waals surface area contributed by atoms with Crippen molar-refractivity contribution >= 4 is 16.7 Å². The number of benzene rings is 1. The molecule has 3 rings (SSSR count). The molecular formula is C12H12F3N3. The van der Waals surface area contributed by atoms with E-state index in [1.807, 2.05) is 0 Å². The molecule has 0 aliphatic heterocycles. The number of hydrogen-bond acceptors (Lipinski definition) is 2. The fourth-order valence-electron chi connectivity index (χ4n) is 2.16. The fraction of sp³-hybridized carbons (Fsp3) is 0.417. The number of imidazole rings is 1. The average molecular weight is 255 g/mol. The zero-order chi connectivity index (χ0) is 12.9. The van der Waals surface area contributed by atoms with Gasteiger partial charge in [-0.2, -0.15) is 13.2 Å². The zero-order valence-electron chi connectivity index (χ0n) is 9.54. The van der Waals surface area contributed by atoms with E-state index >= 15 is 0 Å². The summed E-state index contributed by atoms with van der Waals surface area (Å²) in [6.45, 7) is -0.987. The molecule has 1 aliphatic rings. The lowest BCUT2D eigenvalue weighted by atomic mass is 10.3. The molecule has 1 aliphatic carbocycles. The number of aromatic nitrogens is 2. The lowest BCUT2D eigenvalue weighted by Crippen LogP contribution is -2.19. The molecule has 0 bridgehead atoms. The number of nitrogens with zero attached hydrogens (tertiary/aromatic N) is 2. The van der Waals surface area contributed by atoms with Gasteiger partial charge in [0.1, 0.15) is 12.4 Å². The van der Waals surface area contributed by atoms with E-state index in [4.69, 9.17) is 5.73 Å². The van der Waals surface area contributed by atoms with Crippen molar-refractivity contribution in [1.29, 1.82) is 0 Å². The molecule has 2 aromatic rings. The molecule has 96 valence electrons. The Morgan fingerprint density at radius 2 is 2.06 bits per heavy atom. The maximum absolute atomic E-state index is 12.6. The lowest BCUT2D eigenvalue weighted by Gasteiger charge is -2.11. The molecule has 1 heterocycles. The SMILES string of the molecule is Nc1ccc2c(c1)nc(C1CC1)n2CC(F)(F)F. The van der Waals surface area contributed by atoms with E-state index in [1.54, 1.807) is 18.2 Å². The van der Waals surface area contributed by atoms with Gasteiger partial charge in [0.15, 0.2) is 0 Å². The highest BCUT2D eigenvalue weighted by Gasteiger charge is 2.35. The van der Waals surface area contributed by atoms with Crippen molar-refractivity contribution in [2.45, 2.75) is 31.5 Å². The van der Waals surface area contributed by atoms with Crippen molar-refractivity contribution in [3.05, 3.63) is 24.0 Å². The molecule has 0 unspecified atom stereocenters. The number of rotatable bonds is 2. The first-order valence-corrected chi connectivity index (χ1v) is 5.76. The number of fused-ring (bicyclic) bond motifs is 1. The van der Waals surface area contributed by atoms with Crippen LogP contribution in [0.4, 0.5) is 18.9 Å². The number of hydrogen-bond donors (Lipinski definition) is 1. The molecule has 0 amide bonds. The number of alkyl halides is 3. The number of anilines is 1. The molecule has 18 heavy (non-hydrogen) atoms. The van der Waals surface area contributed by atoms with Crippen LogP contribution in [-0.4, -0.2) is 15.7 Å². The van der Waals surface area contributed by atoms with E-state index < -0.39 is 12.7 Å². The first kappa shape index (κ1) is 11.4. The standard InChI is InChI=1S/C12H12F3N3/c13-12(14,15)6-18-10-4-3-8(16)5-9(10)17-11(18)7-1-2-7/h3-5,7H,1-2,6,16H2. The summed E-state index contributed by atoms with van der Waals surface area (Å²) in [6, 6.07) is 4.83. The highest BCUT2D eigenvalue weighted by molar-refractivity contribution is 5.79. The predicted octanol–water partition coefficient (Wildman–Crippen LogP) is 3.06. The number of halogens is 3. The summed E-state index contributed by atoms with van der Waals surface area (Å²) in [7, 11) is 0. The van der Waals surface area contributed by atoms with Gasteiger partial charge in [0.2, 0.25) is 0 Å². The minimum atomic E-state index is -4.24. The van der Waals surface area contributed by atoms with Gasteiger partial charge in [0.25, 0.3) is 0 Å². The van der Waals surface area contributed by atoms with Gasteiger partial charge in [0.05, 0.1) is 11.0 Å². The molecule has 1 fully saturated rings. The topological polar surface area (TPSA) is 43.8 Å². The van der Waals surface area contributed by atoms with E-state index in [-0.39, 0.29) is 5.92 Å². The summed E-state index contributed by atoms with van der Waals surface area (Å²) in [5.41, 5.74) is 7.19. The Labute approximate surface area is 101 Å². The Bertz CT molecular complexity index is 596. The fourth-order valence-corrected chi connectivity index (χ4v) is 2.16. The first-order chi connectivity index (χ1) is 8.44. The van der Waals surface area contributed by atoms with Gasteiger partial charge in [-0.1, -0.05) is 0 Å². The largest absolute Gasteiger partial charge is 0.406 e. The summed E-state index contributed by atoms with van der Waals surface area (Å²) < 4.78 is 39.1. The quantitative estimate of drug-likeness (QED) is 0.838. The summed E-state index contributed by atoms with van der Waals surface area (Å²) in [5, 5.41) is 0. The Morgan fingerprint density at radius 3 is 2.67 bits per heavy atom. The van der Waals surface area contributed by atoms with Gasteiger partial charge in [-0.15, -0.1) is 0 Å². The van der Waals surface area contributed by atoms with Crippen LogP contribution in [0.5, 0.6) is 0 Å². The molecule has 3 nitrogen and oxygen atoms in total. The normalized spacial score (nSPS) is 16.4. The van der Waals surface area contributed by atoms with E-state index in [9.17, 15) is 13.2 Å². The monoisotopic (exact) mass is 255 g/mol. The maximum atomic E-state index is 12.6. The Morgan fingerprint density at radius 1 is 1.33 bits per heavy atom. The first-order valence-electron chi connectivity index (χ1n) is 5.76. The van der Waals surface area contributed by atoms with E-state index in [1.165, 1.54) is 4.57 Å². The van der Waals surface area contributed by atoms with Gasteiger partial charge < -0.3 is 10.3 Å². The molecule has 0 radical (unpaired) electrons. The molecule has 0 spiro atoms. The van der Waals surface area contributed by atoms with Crippen LogP contribution in [0.15, 0.2) is 18.2 Å². The molecule has 2 N–H and O–H groups in total. The molecule has 0 saturated heterocycles. The third kappa shape index (κ3) is 2.02. The van der Waals surface area contributed by atoms with Gasteiger partial charge >= 0.3 is 6.18 Å². The zero-order valence-corrected chi connectivity index (χ0v) is 9.54. The number of nitrogens with two attached hydrogens (primary N) is 1. The number of nitrogen functional groups attached to an aromatic ring is 1.